The molecule has 0 aliphatic heterocycles. The Labute approximate surface area is 68.9 Å². The molecule has 0 aliphatic carbocycles. The predicted octanol–water partition coefficient (Wildman–Crippen LogP) is 2.37. The summed E-state index contributed by atoms with van der Waals surface area (Å²) in [5, 5.41) is 0. The van der Waals surface area contributed by atoms with Crippen molar-refractivity contribution in [3.05, 3.63) is 0 Å². The molecule has 0 heterocycles. The van der Waals surface area contributed by atoms with Crippen molar-refractivity contribution >= 4 is 6.47 Å². The van der Waals surface area contributed by atoms with Gasteiger partial charge in [0.05, 0.1) is 0 Å². The fourth-order valence-corrected chi connectivity index (χ4v) is 0.825. The number of carbonyl (C=O) groups is 1. The van der Waals surface area contributed by atoms with Gasteiger partial charge in [-0.1, -0.05) is 13.8 Å². The number of hydrogen-bond donors (Lipinski definition) is 0. The van der Waals surface area contributed by atoms with E-state index in [1.165, 1.54) is 0 Å². The number of hydrogen-bond acceptors (Lipinski definition) is 2. The number of rotatable bonds is 5. The average molecular weight is 158 g/mol. The van der Waals surface area contributed by atoms with Crippen molar-refractivity contribution in [3.8, 4) is 0 Å². The minimum absolute atomic E-state index is 0.286. The molecule has 0 aromatic rings. The minimum atomic E-state index is -0.286. The Balaban J connectivity index is 3.62. The molecule has 0 N–H and O–H groups in total. The van der Waals surface area contributed by atoms with Crippen LogP contribution in [0.4, 0.5) is 0 Å². The Bertz CT molecular complexity index is 117. The van der Waals surface area contributed by atoms with Gasteiger partial charge in [-0.05, 0) is 32.6 Å². The predicted molar refractivity (Wildman–Crippen MR) is 45.3 cm³/mol. The van der Waals surface area contributed by atoms with Gasteiger partial charge in [-0.3, -0.25) is 4.79 Å². The van der Waals surface area contributed by atoms with E-state index in [0.717, 1.165) is 12.8 Å². The van der Waals surface area contributed by atoms with Crippen LogP contribution in [0.15, 0.2) is 0 Å². The maximum absolute atomic E-state index is 10.0. The largest absolute Gasteiger partial charge is 0.462 e. The Morgan fingerprint density at radius 2 is 2.00 bits per heavy atom. The molecule has 0 saturated carbocycles. The van der Waals surface area contributed by atoms with Gasteiger partial charge in [-0.25, -0.2) is 0 Å². The molecule has 0 bridgehead atoms. The highest BCUT2D eigenvalue weighted by molar-refractivity contribution is 5.38. The lowest BCUT2D eigenvalue weighted by Crippen LogP contribution is -2.24. The first kappa shape index (κ1) is 10.5. The van der Waals surface area contributed by atoms with Gasteiger partial charge in [0.1, 0.15) is 5.60 Å². The lowest BCUT2D eigenvalue weighted by atomic mass is 9.97. The summed E-state index contributed by atoms with van der Waals surface area (Å²) in [6, 6.07) is 0. The maximum Gasteiger partial charge on any atom is 0.293 e. The van der Waals surface area contributed by atoms with Crippen molar-refractivity contribution < 1.29 is 9.53 Å². The van der Waals surface area contributed by atoms with E-state index in [0.29, 0.717) is 12.4 Å². The summed E-state index contributed by atoms with van der Waals surface area (Å²) in [5.74, 6) is 0.671. The van der Waals surface area contributed by atoms with E-state index < -0.39 is 0 Å². The van der Waals surface area contributed by atoms with Crippen molar-refractivity contribution in [1.29, 1.82) is 0 Å². The minimum Gasteiger partial charge on any atom is -0.462 e. The van der Waals surface area contributed by atoms with E-state index in [2.05, 4.69) is 13.8 Å². The van der Waals surface area contributed by atoms with Gasteiger partial charge in [0.2, 0.25) is 0 Å². The molecule has 0 aliphatic rings. The lowest BCUT2D eigenvalue weighted by Gasteiger charge is -2.23. The molecule has 0 spiro atoms. The molecule has 0 atom stereocenters. The summed E-state index contributed by atoms with van der Waals surface area (Å²) >= 11 is 0. The molecule has 2 nitrogen and oxygen atoms in total. The van der Waals surface area contributed by atoms with E-state index in [1.54, 1.807) is 0 Å². The normalized spacial score (nSPS) is 11.7. The van der Waals surface area contributed by atoms with Crippen LogP contribution in [0.25, 0.3) is 0 Å². The van der Waals surface area contributed by atoms with E-state index in [9.17, 15) is 4.79 Å². The zero-order valence-electron chi connectivity index (χ0n) is 7.89. The molecular formula is C9H18O2. The van der Waals surface area contributed by atoms with Gasteiger partial charge in [0.15, 0.2) is 0 Å². The van der Waals surface area contributed by atoms with Crippen LogP contribution in [0.5, 0.6) is 0 Å². The summed E-state index contributed by atoms with van der Waals surface area (Å²) in [6.45, 7) is 8.72. The Hall–Kier alpha value is -0.530. The van der Waals surface area contributed by atoms with Crippen LogP contribution in [0.2, 0.25) is 0 Å². The molecule has 2 heteroatoms. The second kappa shape index (κ2) is 4.37. The molecule has 0 fully saturated rings. The zero-order chi connectivity index (χ0) is 8.91. The molecule has 66 valence electrons. The topological polar surface area (TPSA) is 26.3 Å². The van der Waals surface area contributed by atoms with Crippen LogP contribution in [0, 0.1) is 5.92 Å². The first-order chi connectivity index (χ1) is 4.98. The van der Waals surface area contributed by atoms with Gasteiger partial charge >= 0.3 is 0 Å². The summed E-state index contributed by atoms with van der Waals surface area (Å²) < 4.78 is 4.90. The standard InChI is InChI=1S/C9H18O2/c1-8(2)5-6-9(3,4)11-7-10/h7-8H,5-6H2,1-4H3. The fraction of sp³-hybridized carbons (Fsp3) is 0.889. The van der Waals surface area contributed by atoms with Crippen molar-refractivity contribution in [2.45, 2.75) is 46.1 Å². The van der Waals surface area contributed by atoms with Crippen LogP contribution < -0.4 is 0 Å². The van der Waals surface area contributed by atoms with Gasteiger partial charge in [-0.2, -0.15) is 0 Å². The molecule has 0 radical (unpaired) electrons. The van der Waals surface area contributed by atoms with E-state index in [-0.39, 0.29) is 5.60 Å². The lowest BCUT2D eigenvalue weighted by molar-refractivity contribution is -0.141. The second-order valence-electron chi connectivity index (χ2n) is 3.91. The summed E-state index contributed by atoms with van der Waals surface area (Å²) in [4.78, 5) is 10.0. The first-order valence-corrected chi connectivity index (χ1v) is 4.09. The summed E-state index contributed by atoms with van der Waals surface area (Å²) in [5.41, 5.74) is -0.286. The van der Waals surface area contributed by atoms with Crippen molar-refractivity contribution in [2.24, 2.45) is 5.92 Å². The Morgan fingerprint density at radius 1 is 1.45 bits per heavy atom. The van der Waals surface area contributed by atoms with Gasteiger partial charge in [0, 0.05) is 0 Å². The highest BCUT2D eigenvalue weighted by Gasteiger charge is 2.18. The molecule has 11 heavy (non-hydrogen) atoms. The quantitative estimate of drug-likeness (QED) is 0.574. The molecule has 0 unspecified atom stereocenters. The third-order valence-corrected chi connectivity index (χ3v) is 1.69. The van der Waals surface area contributed by atoms with Crippen LogP contribution in [-0.2, 0) is 9.53 Å². The summed E-state index contributed by atoms with van der Waals surface area (Å²) in [6.07, 6.45) is 2.03. The highest BCUT2D eigenvalue weighted by Crippen LogP contribution is 2.18. The molecule has 0 rings (SSSR count). The fourth-order valence-electron chi connectivity index (χ4n) is 0.825. The van der Waals surface area contributed by atoms with Gasteiger partial charge < -0.3 is 4.74 Å². The third kappa shape index (κ3) is 5.89. The van der Waals surface area contributed by atoms with Gasteiger partial charge in [-0.15, -0.1) is 0 Å². The maximum atomic E-state index is 10.0. The monoisotopic (exact) mass is 158 g/mol. The third-order valence-electron chi connectivity index (χ3n) is 1.69. The van der Waals surface area contributed by atoms with E-state index in [1.807, 2.05) is 13.8 Å². The van der Waals surface area contributed by atoms with Gasteiger partial charge in [0.25, 0.3) is 6.47 Å². The molecule has 0 aromatic heterocycles. The summed E-state index contributed by atoms with van der Waals surface area (Å²) in [7, 11) is 0. The molecule has 0 saturated heterocycles. The Morgan fingerprint density at radius 3 is 2.36 bits per heavy atom. The van der Waals surface area contributed by atoms with Crippen LogP contribution in [0.1, 0.15) is 40.5 Å². The zero-order valence-corrected chi connectivity index (χ0v) is 7.89. The van der Waals surface area contributed by atoms with Crippen molar-refractivity contribution in [1.82, 2.24) is 0 Å². The SMILES string of the molecule is CC(C)CCC(C)(C)OC=O. The smallest absolute Gasteiger partial charge is 0.293 e. The number of carbonyl (C=O) groups excluding carboxylic acids is 1. The number of ether oxygens (including phenoxy) is 1. The first-order valence-electron chi connectivity index (χ1n) is 4.09. The Kier molecular flexibility index (Phi) is 4.16. The average Bonchev–Trinajstić information content (AvgIpc) is 1.84. The molecular weight excluding hydrogens is 140 g/mol. The van der Waals surface area contributed by atoms with Crippen LogP contribution >= 0.6 is 0 Å². The van der Waals surface area contributed by atoms with E-state index >= 15 is 0 Å². The van der Waals surface area contributed by atoms with E-state index in [4.69, 9.17) is 4.74 Å². The van der Waals surface area contributed by atoms with Crippen molar-refractivity contribution in [2.75, 3.05) is 0 Å². The highest BCUT2D eigenvalue weighted by atomic mass is 16.5. The second-order valence-corrected chi connectivity index (χ2v) is 3.91. The molecule has 0 amide bonds. The molecule has 0 aromatic carbocycles. The van der Waals surface area contributed by atoms with Crippen molar-refractivity contribution in [3.63, 3.8) is 0 Å². The van der Waals surface area contributed by atoms with Crippen LogP contribution in [-0.4, -0.2) is 12.1 Å². The van der Waals surface area contributed by atoms with Crippen LogP contribution in [0.3, 0.4) is 0 Å².